The second-order valence-corrected chi connectivity index (χ2v) is 7.64. The fourth-order valence-corrected chi connectivity index (χ4v) is 3.65. The monoisotopic (exact) mass is 388 g/mol. The summed E-state index contributed by atoms with van der Waals surface area (Å²) in [6.07, 6.45) is 2.39. The van der Waals surface area contributed by atoms with E-state index in [0.717, 1.165) is 30.2 Å². The van der Waals surface area contributed by atoms with Crippen LogP contribution in [-0.4, -0.2) is 52.3 Å². The fourth-order valence-electron chi connectivity index (χ4n) is 3.65. The van der Waals surface area contributed by atoms with Gasteiger partial charge in [0, 0.05) is 49.0 Å². The summed E-state index contributed by atoms with van der Waals surface area (Å²) in [6.45, 7) is 3.09. The van der Waals surface area contributed by atoms with Crippen LogP contribution in [0.25, 0.3) is 11.4 Å². The van der Waals surface area contributed by atoms with Crippen LogP contribution in [0, 0.1) is 0 Å². The minimum Gasteiger partial charge on any atom is -0.368 e. The zero-order chi connectivity index (χ0) is 19.6. The first-order chi connectivity index (χ1) is 14.3. The number of piperazine rings is 1. The van der Waals surface area contributed by atoms with Crippen LogP contribution in [0.15, 0.2) is 54.6 Å². The molecule has 2 aliphatic rings. The van der Waals surface area contributed by atoms with Gasteiger partial charge in [0.2, 0.25) is 0 Å². The van der Waals surface area contributed by atoms with Gasteiger partial charge in [-0.3, -0.25) is 5.10 Å². The van der Waals surface area contributed by atoms with Crippen LogP contribution in [0.3, 0.4) is 0 Å². The van der Waals surface area contributed by atoms with E-state index in [-0.39, 0.29) is 6.03 Å². The first kappa shape index (κ1) is 17.7. The molecule has 1 aliphatic heterocycles. The third kappa shape index (κ3) is 3.94. The average molecular weight is 388 g/mol. The minimum atomic E-state index is -0.0561. The Balaban J connectivity index is 1.17. The molecule has 0 atom stereocenters. The highest BCUT2D eigenvalue weighted by molar-refractivity contribution is 5.89. The number of carbonyl (C=O) groups excluding carboxylic acids is 1. The van der Waals surface area contributed by atoms with Gasteiger partial charge in [0.05, 0.1) is 0 Å². The van der Waals surface area contributed by atoms with Gasteiger partial charge in [0.25, 0.3) is 0 Å². The minimum absolute atomic E-state index is 0.0561. The van der Waals surface area contributed by atoms with E-state index in [9.17, 15) is 4.79 Å². The molecule has 0 radical (unpaired) electrons. The standard InChI is InChI=1S/C22H24N6O/c29-22(28-14-12-27(13-15-28)19-4-2-1-3-5-19)23-18-10-8-17(9-11-18)21-24-20(25-26-21)16-6-7-16/h1-5,8-11,16H,6-7,12-15H2,(H,23,29)(H,24,25,26). The lowest BCUT2D eigenvalue weighted by molar-refractivity contribution is 0.208. The molecular formula is C22H24N6O. The van der Waals surface area contributed by atoms with E-state index in [1.807, 2.05) is 47.4 Å². The lowest BCUT2D eigenvalue weighted by Gasteiger charge is -2.36. The molecule has 148 valence electrons. The molecule has 7 nitrogen and oxygen atoms in total. The number of hydrogen-bond acceptors (Lipinski definition) is 4. The first-order valence-electron chi connectivity index (χ1n) is 10.1. The van der Waals surface area contributed by atoms with Crippen molar-refractivity contribution in [2.75, 3.05) is 36.4 Å². The van der Waals surface area contributed by atoms with Crippen molar-refractivity contribution < 1.29 is 4.79 Å². The van der Waals surface area contributed by atoms with Crippen molar-refractivity contribution in [3.05, 3.63) is 60.4 Å². The highest BCUT2D eigenvalue weighted by atomic mass is 16.2. The Morgan fingerprint density at radius 1 is 0.966 bits per heavy atom. The zero-order valence-corrected chi connectivity index (χ0v) is 16.2. The van der Waals surface area contributed by atoms with Crippen molar-refractivity contribution in [2.24, 2.45) is 0 Å². The van der Waals surface area contributed by atoms with Crippen molar-refractivity contribution in [2.45, 2.75) is 18.8 Å². The molecule has 1 aromatic heterocycles. The molecule has 1 saturated carbocycles. The zero-order valence-electron chi connectivity index (χ0n) is 16.2. The summed E-state index contributed by atoms with van der Waals surface area (Å²) in [5.41, 5.74) is 2.93. The molecular weight excluding hydrogens is 364 g/mol. The molecule has 1 aliphatic carbocycles. The van der Waals surface area contributed by atoms with E-state index < -0.39 is 0 Å². The number of H-pyrrole nitrogens is 1. The highest BCUT2D eigenvalue weighted by Crippen LogP contribution is 2.38. The number of anilines is 2. The average Bonchev–Trinajstić information content (AvgIpc) is 3.52. The van der Waals surface area contributed by atoms with Crippen LogP contribution < -0.4 is 10.2 Å². The molecule has 2 fully saturated rings. The van der Waals surface area contributed by atoms with E-state index in [1.165, 1.54) is 18.5 Å². The second kappa shape index (κ2) is 7.58. The number of hydrogen-bond donors (Lipinski definition) is 2. The molecule has 2 amide bonds. The number of nitrogens with one attached hydrogen (secondary N) is 2. The van der Waals surface area contributed by atoms with E-state index in [0.29, 0.717) is 24.8 Å². The maximum absolute atomic E-state index is 12.6. The molecule has 5 rings (SSSR count). The third-order valence-electron chi connectivity index (χ3n) is 5.55. The number of urea groups is 1. The molecule has 1 saturated heterocycles. The van der Waals surface area contributed by atoms with Gasteiger partial charge in [0.1, 0.15) is 5.82 Å². The summed E-state index contributed by atoms with van der Waals surface area (Å²) < 4.78 is 0. The molecule has 2 heterocycles. The van der Waals surface area contributed by atoms with Crippen LogP contribution in [-0.2, 0) is 0 Å². The van der Waals surface area contributed by atoms with E-state index in [2.05, 4.69) is 37.5 Å². The Morgan fingerprint density at radius 3 is 2.38 bits per heavy atom. The predicted molar refractivity (Wildman–Crippen MR) is 113 cm³/mol. The number of para-hydroxylation sites is 1. The lowest BCUT2D eigenvalue weighted by Crippen LogP contribution is -2.50. The van der Waals surface area contributed by atoms with Crippen LogP contribution in [0.5, 0.6) is 0 Å². The van der Waals surface area contributed by atoms with Gasteiger partial charge < -0.3 is 15.1 Å². The Kier molecular flexibility index (Phi) is 4.63. The Morgan fingerprint density at radius 2 is 1.69 bits per heavy atom. The maximum Gasteiger partial charge on any atom is 0.321 e. The van der Waals surface area contributed by atoms with Gasteiger partial charge in [-0.2, -0.15) is 5.10 Å². The number of benzene rings is 2. The lowest BCUT2D eigenvalue weighted by atomic mass is 10.2. The molecule has 0 unspecified atom stereocenters. The Hall–Kier alpha value is -3.35. The van der Waals surface area contributed by atoms with Gasteiger partial charge in [-0.1, -0.05) is 18.2 Å². The number of nitrogens with zero attached hydrogens (tertiary/aromatic N) is 4. The predicted octanol–water partition coefficient (Wildman–Crippen LogP) is 3.70. The van der Waals surface area contributed by atoms with E-state index >= 15 is 0 Å². The summed E-state index contributed by atoms with van der Waals surface area (Å²) in [7, 11) is 0. The van der Waals surface area contributed by atoms with Crippen LogP contribution in [0.4, 0.5) is 16.2 Å². The number of aromatic nitrogens is 3. The summed E-state index contributed by atoms with van der Waals surface area (Å²) in [5, 5.41) is 10.3. The smallest absolute Gasteiger partial charge is 0.321 e. The SMILES string of the molecule is O=C(Nc1ccc(-c2n[nH]c(C3CC3)n2)cc1)N1CCN(c2ccccc2)CC1. The molecule has 2 aromatic carbocycles. The largest absolute Gasteiger partial charge is 0.368 e. The van der Waals surface area contributed by atoms with Gasteiger partial charge in [0.15, 0.2) is 5.82 Å². The first-order valence-corrected chi connectivity index (χ1v) is 10.1. The normalized spacial score (nSPS) is 16.7. The van der Waals surface area contributed by atoms with E-state index in [4.69, 9.17) is 0 Å². The highest BCUT2D eigenvalue weighted by Gasteiger charge is 2.27. The molecule has 0 spiro atoms. The second-order valence-electron chi connectivity index (χ2n) is 7.64. The van der Waals surface area contributed by atoms with Gasteiger partial charge >= 0.3 is 6.03 Å². The van der Waals surface area contributed by atoms with Crippen LogP contribution in [0.1, 0.15) is 24.6 Å². The van der Waals surface area contributed by atoms with Crippen molar-refractivity contribution in [1.29, 1.82) is 0 Å². The van der Waals surface area contributed by atoms with Gasteiger partial charge in [-0.15, -0.1) is 0 Å². The summed E-state index contributed by atoms with van der Waals surface area (Å²) in [5.74, 6) is 2.24. The number of carbonyl (C=O) groups is 1. The Bertz CT molecular complexity index is 972. The van der Waals surface area contributed by atoms with Crippen molar-refractivity contribution in [1.82, 2.24) is 20.1 Å². The molecule has 7 heteroatoms. The van der Waals surface area contributed by atoms with Crippen molar-refractivity contribution in [3.8, 4) is 11.4 Å². The summed E-state index contributed by atoms with van der Waals surface area (Å²) >= 11 is 0. The number of rotatable bonds is 4. The number of amides is 2. The fraction of sp³-hybridized carbons (Fsp3) is 0.318. The summed E-state index contributed by atoms with van der Waals surface area (Å²) in [4.78, 5) is 21.4. The van der Waals surface area contributed by atoms with E-state index in [1.54, 1.807) is 0 Å². The Labute approximate surface area is 169 Å². The topological polar surface area (TPSA) is 77.1 Å². The van der Waals surface area contributed by atoms with Crippen molar-refractivity contribution >= 4 is 17.4 Å². The van der Waals surface area contributed by atoms with Gasteiger partial charge in [-0.25, -0.2) is 9.78 Å². The molecule has 29 heavy (non-hydrogen) atoms. The van der Waals surface area contributed by atoms with Crippen LogP contribution >= 0.6 is 0 Å². The van der Waals surface area contributed by atoms with Crippen LogP contribution in [0.2, 0.25) is 0 Å². The molecule has 3 aromatic rings. The number of aromatic amines is 1. The molecule has 2 N–H and O–H groups in total. The molecule has 0 bridgehead atoms. The summed E-state index contributed by atoms with van der Waals surface area (Å²) in [6, 6.07) is 18.0. The quantitative estimate of drug-likeness (QED) is 0.714. The third-order valence-corrected chi connectivity index (χ3v) is 5.55. The van der Waals surface area contributed by atoms with Crippen molar-refractivity contribution in [3.63, 3.8) is 0 Å². The maximum atomic E-state index is 12.6. The van der Waals surface area contributed by atoms with Gasteiger partial charge in [-0.05, 0) is 49.2 Å².